The SMILES string of the molecule is CC(C)n1nccc1CN1CCC(NCC2CC2)CC1.Cl. The van der Waals surface area contributed by atoms with Crippen molar-refractivity contribution in [2.24, 2.45) is 5.92 Å². The molecule has 3 rings (SSSR count). The van der Waals surface area contributed by atoms with Crippen LogP contribution >= 0.6 is 12.4 Å². The van der Waals surface area contributed by atoms with Gasteiger partial charge in [0, 0.05) is 37.9 Å². The predicted octanol–water partition coefficient (Wildman–Crippen LogP) is 2.85. The fourth-order valence-corrected chi connectivity index (χ4v) is 3.11. The minimum Gasteiger partial charge on any atom is -0.314 e. The predicted molar refractivity (Wildman–Crippen MR) is 88.9 cm³/mol. The lowest BCUT2D eigenvalue weighted by Gasteiger charge is -2.32. The van der Waals surface area contributed by atoms with E-state index in [1.54, 1.807) is 0 Å². The molecular formula is C16H29ClN4. The Hall–Kier alpha value is -0.580. The highest BCUT2D eigenvalue weighted by Gasteiger charge is 2.24. The van der Waals surface area contributed by atoms with Gasteiger partial charge in [0.2, 0.25) is 0 Å². The Morgan fingerprint density at radius 2 is 1.95 bits per heavy atom. The number of aromatic nitrogens is 2. The third-order valence-electron chi connectivity index (χ3n) is 4.61. The van der Waals surface area contributed by atoms with Crippen LogP contribution in [-0.4, -0.2) is 40.4 Å². The number of likely N-dealkylation sites (tertiary alicyclic amines) is 1. The molecule has 120 valence electrons. The molecule has 1 aromatic heterocycles. The molecule has 1 saturated heterocycles. The average molecular weight is 313 g/mol. The maximum absolute atomic E-state index is 4.43. The minimum absolute atomic E-state index is 0. The molecule has 1 aliphatic carbocycles. The van der Waals surface area contributed by atoms with E-state index in [0.717, 1.165) is 18.5 Å². The maximum Gasteiger partial charge on any atom is 0.0527 e. The third kappa shape index (κ3) is 4.70. The van der Waals surface area contributed by atoms with E-state index in [-0.39, 0.29) is 12.4 Å². The fraction of sp³-hybridized carbons (Fsp3) is 0.812. The highest BCUT2D eigenvalue weighted by atomic mass is 35.5. The smallest absolute Gasteiger partial charge is 0.0527 e. The second-order valence-electron chi connectivity index (χ2n) is 6.76. The monoisotopic (exact) mass is 312 g/mol. The molecule has 2 aliphatic rings. The molecule has 1 aromatic rings. The van der Waals surface area contributed by atoms with Crippen molar-refractivity contribution in [1.82, 2.24) is 20.0 Å². The summed E-state index contributed by atoms with van der Waals surface area (Å²) in [7, 11) is 0. The fourth-order valence-electron chi connectivity index (χ4n) is 3.11. The lowest BCUT2D eigenvalue weighted by Crippen LogP contribution is -2.43. The number of piperidine rings is 1. The normalized spacial score (nSPS) is 20.7. The van der Waals surface area contributed by atoms with Gasteiger partial charge >= 0.3 is 0 Å². The van der Waals surface area contributed by atoms with E-state index in [1.807, 2.05) is 6.20 Å². The molecule has 1 N–H and O–H groups in total. The second-order valence-corrected chi connectivity index (χ2v) is 6.76. The molecule has 2 fully saturated rings. The zero-order valence-electron chi connectivity index (χ0n) is 13.3. The lowest BCUT2D eigenvalue weighted by molar-refractivity contribution is 0.184. The standard InChI is InChI=1S/C16H28N4.ClH/c1-13(2)20-16(5-8-18-20)12-19-9-6-15(7-10-19)17-11-14-3-4-14;/h5,8,13-15,17H,3-4,6-7,9-12H2,1-2H3;1H. The van der Waals surface area contributed by atoms with Crippen molar-refractivity contribution in [3.05, 3.63) is 18.0 Å². The van der Waals surface area contributed by atoms with E-state index in [0.29, 0.717) is 6.04 Å². The van der Waals surface area contributed by atoms with E-state index < -0.39 is 0 Å². The molecule has 0 atom stereocenters. The van der Waals surface area contributed by atoms with Gasteiger partial charge in [-0.25, -0.2) is 0 Å². The van der Waals surface area contributed by atoms with Crippen molar-refractivity contribution in [2.75, 3.05) is 19.6 Å². The van der Waals surface area contributed by atoms with Gasteiger partial charge in [-0.1, -0.05) is 0 Å². The quantitative estimate of drug-likeness (QED) is 0.877. The number of hydrogen-bond donors (Lipinski definition) is 1. The molecule has 1 aliphatic heterocycles. The summed E-state index contributed by atoms with van der Waals surface area (Å²) in [5, 5.41) is 8.18. The van der Waals surface area contributed by atoms with Crippen molar-refractivity contribution >= 4 is 12.4 Å². The summed E-state index contributed by atoms with van der Waals surface area (Å²) < 4.78 is 2.15. The van der Waals surface area contributed by atoms with Gasteiger partial charge in [-0.3, -0.25) is 9.58 Å². The summed E-state index contributed by atoms with van der Waals surface area (Å²) >= 11 is 0. The Morgan fingerprint density at radius 1 is 1.24 bits per heavy atom. The molecule has 0 unspecified atom stereocenters. The van der Waals surface area contributed by atoms with Crippen LogP contribution in [0.5, 0.6) is 0 Å². The van der Waals surface area contributed by atoms with Gasteiger partial charge in [-0.05, 0) is 58.1 Å². The Balaban J connectivity index is 0.00000161. The summed E-state index contributed by atoms with van der Waals surface area (Å²) in [4.78, 5) is 2.57. The van der Waals surface area contributed by atoms with Crippen LogP contribution in [0.15, 0.2) is 12.3 Å². The summed E-state index contributed by atoms with van der Waals surface area (Å²) in [6.45, 7) is 9.13. The number of nitrogens with one attached hydrogen (secondary N) is 1. The van der Waals surface area contributed by atoms with E-state index in [9.17, 15) is 0 Å². The van der Waals surface area contributed by atoms with Crippen LogP contribution < -0.4 is 5.32 Å². The molecular weight excluding hydrogens is 284 g/mol. The Bertz CT molecular complexity index is 420. The number of rotatable bonds is 6. The van der Waals surface area contributed by atoms with Crippen LogP contribution in [0.3, 0.4) is 0 Å². The summed E-state index contributed by atoms with van der Waals surface area (Å²) in [6.07, 6.45) is 7.42. The largest absolute Gasteiger partial charge is 0.314 e. The number of hydrogen-bond acceptors (Lipinski definition) is 3. The van der Waals surface area contributed by atoms with Gasteiger partial charge in [0.25, 0.3) is 0 Å². The first kappa shape index (κ1) is 16.8. The zero-order chi connectivity index (χ0) is 13.9. The van der Waals surface area contributed by atoms with E-state index in [4.69, 9.17) is 0 Å². The highest BCUT2D eigenvalue weighted by molar-refractivity contribution is 5.85. The molecule has 4 nitrogen and oxygen atoms in total. The lowest BCUT2D eigenvalue weighted by atomic mass is 10.0. The molecule has 0 bridgehead atoms. The first-order valence-electron chi connectivity index (χ1n) is 8.20. The van der Waals surface area contributed by atoms with Gasteiger partial charge in [0.1, 0.15) is 0 Å². The van der Waals surface area contributed by atoms with Crippen LogP contribution in [0.25, 0.3) is 0 Å². The van der Waals surface area contributed by atoms with Gasteiger partial charge in [-0.15, -0.1) is 12.4 Å². The minimum atomic E-state index is 0. The van der Waals surface area contributed by atoms with Gasteiger partial charge in [0.15, 0.2) is 0 Å². The number of nitrogens with zero attached hydrogens (tertiary/aromatic N) is 3. The van der Waals surface area contributed by atoms with Crippen LogP contribution in [0.2, 0.25) is 0 Å². The summed E-state index contributed by atoms with van der Waals surface area (Å²) in [5.74, 6) is 0.994. The van der Waals surface area contributed by atoms with E-state index in [1.165, 1.54) is 51.0 Å². The van der Waals surface area contributed by atoms with Crippen LogP contribution in [0, 0.1) is 5.92 Å². The van der Waals surface area contributed by atoms with Gasteiger partial charge in [-0.2, -0.15) is 5.10 Å². The Kier molecular flexibility index (Phi) is 6.08. The third-order valence-corrected chi connectivity index (χ3v) is 4.61. The molecule has 21 heavy (non-hydrogen) atoms. The van der Waals surface area contributed by atoms with E-state index in [2.05, 4.69) is 39.9 Å². The Morgan fingerprint density at radius 3 is 2.57 bits per heavy atom. The van der Waals surface area contributed by atoms with Crippen molar-refractivity contribution in [2.45, 2.75) is 58.2 Å². The van der Waals surface area contributed by atoms with Crippen LogP contribution in [0.1, 0.15) is 51.3 Å². The number of halogens is 1. The summed E-state index contributed by atoms with van der Waals surface area (Å²) in [6, 6.07) is 3.37. The molecule has 0 amide bonds. The molecule has 0 aromatic carbocycles. The van der Waals surface area contributed by atoms with Crippen molar-refractivity contribution in [3.63, 3.8) is 0 Å². The average Bonchev–Trinajstić information content (AvgIpc) is 3.16. The van der Waals surface area contributed by atoms with Crippen LogP contribution in [-0.2, 0) is 6.54 Å². The zero-order valence-corrected chi connectivity index (χ0v) is 14.1. The maximum atomic E-state index is 4.43. The molecule has 5 heteroatoms. The van der Waals surface area contributed by atoms with Crippen molar-refractivity contribution in [3.8, 4) is 0 Å². The van der Waals surface area contributed by atoms with Gasteiger partial charge < -0.3 is 5.32 Å². The molecule has 1 saturated carbocycles. The van der Waals surface area contributed by atoms with Gasteiger partial charge in [0.05, 0.1) is 5.69 Å². The summed E-state index contributed by atoms with van der Waals surface area (Å²) in [5.41, 5.74) is 1.35. The highest BCUT2D eigenvalue weighted by Crippen LogP contribution is 2.28. The van der Waals surface area contributed by atoms with Crippen molar-refractivity contribution in [1.29, 1.82) is 0 Å². The Labute approximate surface area is 134 Å². The van der Waals surface area contributed by atoms with Crippen LogP contribution in [0.4, 0.5) is 0 Å². The molecule has 0 radical (unpaired) electrons. The molecule has 2 heterocycles. The van der Waals surface area contributed by atoms with Crippen molar-refractivity contribution < 1.29 is 0 Å². The first-order chi connectivity index (χ1) is 9.72. The first-order valence-corrected chi connectivity index (χ1v) is 8.20. The molecule has 0 spiro atoms. The second kappa shape index (κ2) is 7.61. The van der Waals surface area contributed by atoms with E-state index >= 15 is 0 Å². The topological polar surface area (TPSA) is 33.1 Å².